The molecule has 1 saturated heterocycles. The van der Waals surface area contributed by atoms with Crippen molar-refractivity contribution in [2.75, 3.05) is 25.1 Å². The first-order valence-corrected chi connectivity index (χ1v) is 9.28. The molecule has 27 heavy (non-hydrogen) atoms. The van der Waals surface area contributed by atoms with Crippen LogP contribution in [-0.4, -0.2) is 59.6 Å². The smallest absolute Gasteiger partial charge is 0.332 e. The second-order valence-electron chi connectivity index (χ2n) is 6.92. The zero-order valence-electron chi connectivity index (χ0n) is 16.2. The Kier molecular flexibility index (Phi) is 6.96. The maximum atomic E-state index is 12.9. The number of nitrogens with zero attached hydrogens (tertiary/aromatic N) is 2. The number of esters is 1. The number of amides is 1. The van der Waals surface area contributed by atoms with Crippen LogP contribution in [-0.2, 0) is 19.1 Å². The molecule has 1 aromatic carbocycles. The molecule has 1 N–H and O–H groups in total. The van der Waals surface area contributed by atoms with Crippen molar-refractivity contribution >= 4 is 23.5 Å². The average Bonchev–Trinajstić information content (AvgIpc) is 2.67. The second kappa shape index (κ2) is 8.99. The van der Waals surface area contributed by atoms with Gasteiger partial charge in [-0.2, -0.15) is 0 Å². The number of carbonyl (C=O) groups excluding carboxylic acids is 2. The summed E-state index contributed by atoms with van der Waals surface area (Å²) in [6, 6.07) is 9.11. The minimum atomic E-state index is -1.09. The third kappa shape index (κ3) is 4.47. The lowest BCUT2D eigenvalue weighted by Gasteiger charge is -2.49. The molecule has 2 rings (SSSR count). The van der Waals surface area contributed by atoms with Crippen LogP contribution >= 0.6 is 0 Å². The van der Waals surface area contributed by atoms with Crippen LogP contribution in [0.5, 0.6) is 0 Å². The van der Waals surface area contributed by atoms with Crippen molar-refractivity contribution in [2.24, 2.45) is 0 Å². The van der Waals surface area contributed by atoms with Crippen molar-refractivity contribution < 1.29 is 24.2 Å². The standard InChI is InChI=1S/C20H28N2O5/c1-4-17(23)22(16-8-6-5-7-9-16)20(19(26)27-3)11-13-21(15(2)14-20)12-10-18(24)25/h5-9,15H,4,10-14H2,1-3H3,(H,24,25). The van der Waals surface area contributed by atoms with Crippen molar-refractivity contribution in [1.82, 2.24) is 4.90 Å². The zero-order chi connectivity index (χ0) is 20.0. The van der Waals surface area contributed by atoms with Gasteiger partial charge in [-0.3, -0.25) is 19.4 Å². The van der Waals surface area contributed by atoms with Gasteiger partial charge in [0.25, 0.3) is 0 Å². The summed E-state index contributed by atoms with van der Waals surface area (Å²) in [5.41, 5.74) is -0.427. The number of likely N-dealkylation sites (tertiary alicyclic amines) is 1. The van der Waals surface area contributed by atoms with Gasteiger partial charge in [-0.15, -0.1) is 0 Å². The van der Waals surface area contributed by atoms with E-state index >= 15 is 0 Å². The Labute approximate surface area is 159 Å². The molecule has 1 amide bonds. The number of para-hydroxylation sites is 1. The van der Waals surface area contributed by atoms with E-state index in [0.29, 0.717) is 31.6 Å². The SMILES string of the molecule is CCC(=O)N(c1ccccc1)C1(C(=O)OC)CCN(CCC(=O)O)C(C)C1. The topological polar surface area (TPSA) is 87.2 Å². The van der Waals surface area contributed by atoms with Gasteiger partial charge in [-0.1, -0.05) is 25.1 Å². The maximum absolute atomic E-state index is 12.9. The molecule has 148 valence electrons. The van der Waals surface area contributed by atoms with Crippen LogP contribution in [0.3, 0.4) is 0 Å². The lowest BCUT2D eigenvalue weighted by Crippen LogP contribution is -2.64. The lowest BCUT2D eigenvalue weighted by molar-refractivity contribution is -0.152. The highest BCUT2D eigenvalue weighted by Crippen LogP contribution is 2.37. The summed E-state index contributed by atoms with van der Waals surface area (Å²) >= 11 is 0. The first-order chi connectivity index (χ1) is 12.9. The van der Waals surface area contributed by atoms with E-state index in [1.165, 1.54) is 7.11 Å². The molecule has 2 atom stereocenters. The fraction of sp³-hybridized carbons (Fsp3) is 0.550. The molecule has 0 spiro atoms. The Morgan fingerprint density at radius 3 is 2.48 bits per heavy atom. The van der Waals surface area contributed by atoms with Gasteiger partial charge in [-0.05, 0) is 31.9 Å². The Balaban J connectivity index is 2.39. The van der Waals surface area contributed by atoms with Gasteiger partial charge in [0.15, 0.2) is 0 Å². The molecule has 0 radical (unpaired) electrons. The number of rotatable bonds is 7. The number of carboxylic acid groups (broad SMARTS) is 1. The third-order valence-corrected chi connectivity index (χ3v) is 5.24. The summed E-state index contributed by atoms with van der Waals surface area (Å²) in [6.45, 7) is 4.66. The summed E-state index contributed by atoms with van der Waals surface area (Å²) < 4.78 is 5.13. The molecule has 1 aromatic rings. The van der Waals surface area contributed by atoms with E-state index in [0.717, 1.165) is 0 Å². The van der Waals surface area contributed by atoms with Gasteiger partial charge in [0.2, 0.25) is 5.91 Å². The van der Waals surface area contributed by atoms with E-state index in [-0.39, 0.29) is 24.8 Å². The number of hydrogen-bond acceptors (Lipinski definition) is 5. The van der Waals surface area contributed by atoms with E-state index in [2.05, 4.69) is 4.90 Å². The molecule has 0 aromatic heterocycles. The van der Waals surface area contributed by atoms with Crippen molar-refractivity contribution in [2.45, 2.75) is 51.1 Å². The van der Waals surface area contributed by atoms with Gasteiger partial charge < -0.3 is 9.84 Å². The van der Waals surface area contributed by atoms with Gasteiger partial charge in [-0.25, -0.2) is 4.79 Å². The molecular weight excluding hydrogens is 348 g/mol. The summed E-state index contributed by atoms with van der Waals surface area (Å²) in [4.78, 5) is 40.3. The highest BCUT2D eigenvalue weighted by molar-refractivity contribution is 6.02. The predicted octanol–water partition coefficient (Wildman–Crippen LogP) is 2.30. The van der Waals surface area contributed by atoms with Crippen molar-refractivity contribution in [3.63, 3.8) is 0 Å². The quantitative estimate of drug-likeness (QED) is 0.735. The average molecular weight is 376 g/mol. The van der Waals surface area contributed by atoms with E-state index in [9.17, 15) is 14.4 Å². The molecule has 0 saturated carbocycles. The molecule has 2 unspecified atom stereocenters. The fourth-order valence-corrected chi connectivity index (χ4v) is 3.88. The van der Waals surface area contributed by atoms with Crippen LogP contribution in [0.15, 0.2) is 30.3 Å². The molecule has 1 fully saturated rings. The Morgan fingerprint density at radius 2 is 1.96 bits per heavy atom. The van der Waals surface area contributed by atoms with Crippen LogP contribution in [0.1, 0.15) is 39.5 Å². The summed E-state index contributed by atoms with van der Waals surface area (Å²) in [5.74, 6) is -1.42. The summed E-state index contributed by atoms with van der Waals surface area (Å²) in [5, 5.41) is 8.95. The molecular formula is C20H28N2O5. The zero-order valence-corrected chi connectivity index (χ0v) is 16.2. The minimum Gasteiger partial charge on any atom is -0.481 e. The van der Waals surface area contributed by atoms with Gasteiger partial charge in [0.1, 0.15) is 5.54 Å². The van der Waals surface area contributed by atoms with Gasteiger partial charge in [0, 0.05) is 31.2 Å². The van der Waals surface area contributed by atoms with Crippen LogP contribution < -0.4 is 4.90 Å². The summed E-state index contributed by atoms with van der Waals surface area (Å²) in [7, 11) is 1.34. The predicted molar refractivity (Wildman–Crippen MR) is 101 cm³/mol. The van der Waals surface area contributed by atoms with E-state index in [1.54, 1.807) is 11.8 Å². The molecule has 0 bridgehead atoms. The van der Waals surface area contributed by atoms with E-state index < -0.39 is 17.5 Å². The van der Waals surface area contributed by atoms with Crippen LogP contribution in [0.4, 0.5) is 5.69 Å². The van der Waals surface area contributed by atoms with Crippen molar-refractivity contribution in [3.05, 3.63) is 30.3 Å². The van der Waals surface area contributed by atoms with Gasteiger partial charge in [0.05, 0.1) is 13.5 Å². The normalized spacial score (nSPS) is 22.9. The number of aliphatic carboxylic acids is 1. The first-order valence-electron chi connectivity index (χ1n) is 9.28. The number of carboxylic acids is 1. The number of carbonyl (C=O) groups is 3. The number of piperidine rings is 1. The van der Waals surface area contributed by atoms with Crippen LogP contribution in [0, 0.1) is 0 Å². The molecule has 1 aliphatic heterocycles. The highest BCUT2D eigenvalue weighted by atomic mass is 16.5. The molecule has 7 heteroatoms. The monoisotopic (exact) mass is 376 g/mol. The Bertz CT molecular complexity index is 678. The number of anilines is 1. The minimum absolute atomic E-state index is 0.0475. The summed E-state index contributed by atoms with van der Waals surface area (Å²) in [6.07, 6.45) is 1.10. The Morgan fingerprint density at radius 1 is 1.30 bits per heavy atom. The fourth-order valence-electron chi connectivity index (χ4n) is 3.88. The Hall–Kier alpha value is -2.41. The van der Waals surface area contributed by atoms with Crippen LogP contribution in [0.2, 0.25) is 0 Å². The molecule has 7 nitrogen and oxygen atoms in total. The number of ether oxygens (including phenoxy) is 1. The molecule has 1 aliphatic rings. The van der Waals surface area contributed by atoms with Crippen LogP contribution in [0.25, 0.3) is 0 Å². The first kappa shape index (κ1) is 20.9. The molecule has 1 heterocycles. The maximum Gasteiger partial charge on any atom is 0.332 e. The third-order valence-electron chi connectivity index (χ3n) is 5.24. The lowest BCUT2D eigenvalue weighted by atomic mass is 9.81. The van der Waals surface area contributed by atoms with Gasteiger partial charge >= 0.3 is 11.9 Å². The molecule has 0 aliphatic carbocycles. The second-order valence-corrected chi connectivity index (χ2v) is 6.92. The van der Waals surface area contributed by atoms with Crippen molar-refractivity contribution in [1.29, 1.82) is 0 Å². The number of methoxy groups -OCH3 is 1. The van der Waals surface area contributed by atoms with E-state index in [4.69, 9.17) is 9.84 Å². The van der Waals surface area contributed by atoms with Crippen molar-refractivity contribution in [3.8, 4) is 0 Å². The number of benzene rings is 1. The highest BCUT2D eigenvalue weighted by Gasteiger charge is 2.51. The largest absolute Gasteiger partial charge is 0.481 e. The number of hydrogen-bond donors (Lipinski definition) is 1. The van der Waals surface area contributed by atoms with E-state index in [1.807, 2.05) is 37.3 Å².